The van der Waals surface area contributed by atoms with Crippen LogP contribution in [-0.2, 0) is 28.6 Å². The van der Waals surface area contributed by atoms with Crippen molar-refractivity contribution in [2.45, 2.75) is 86.2 Å². The minimum absolute atomic E-state index is 0.0561. The van der Waals surface area contributed by atoms with E-state index in [9.17, 15) is 23.1 Å². The van der Waals surface area contributed by atoms with Crippen LogP contribution in [0.5, 0.6) is 0 Å². The van der Waals surface area contributed by atoms with Gasteiger partial charge in [-0.15, -0.1) is 0 Å². The minimum Gasteiger partial charge on any atom is -0.469 e. The molecule has 0 aromatic rings. The van der Waals surface area contributed by atoms with Gasteiger partial charge in [0.2, 0.25) is 0 Å². The van der Waals surface area contributed by atoms with Gasteiger partial charge >= 0.3 is 5.97 Å². The molecule has 8 heteroatoms. The molecule has 0 saturated heterocycles. The molecule has 1 N–H and O–H groups in total. The molecule has 224 valence electrons. The van der Waals surface area contributed by atoms with E-state index in [0.717, 1.165) is 44.6 Å². The number of methoxy groups -OCH3 is 1. The zero-order valence-corrected chi connectivity index (χ0v) is 26.3. The van der Waals surface area contributed by atoms with E-state index in [1.54, 1.807) is 0 Å². The summed E-state index contributed by atoms with van der Waals surface area (Å²) < 4.78 is 34.6. The fourth-order valence-electron chi connectivity index (χ4n) is 11.0. The number of hydrogen-bond donors (Lipinski definition) is 1. The van der Waals surface area contributed by atoms with Crippen LogP contribution < -0.4 is 0 Å². The van der Waals surface area contributed by atoms with Crippen LogP contribution in [0.4, 0.5) is 0 Å². The molecular weight excluding hydrogens is 528 g/mol. The Morgan fingerprint density at radius 3 is 2.42 bits per heavy atom. The van der Waals surface area contributed by atoms with Crippen molar-refractivity contribution in [3.8, 4) is 0 Å². The lowest BCUT2D eigenvalue weighted by atomic mass is 9.34. The molecule has 0 amide bonds. The number of allylic oxidation sites excluding steroid dienone is 3. The molecule has 5 aliphatic carbocycles. The summed E-state index contributed by atoms with van der Waals surface area (Å²) in [5, 5.41) is 12.0. The first-order valence-electron chi connectivity index (χ1n) is 14.9. The van der Waals surface area contributed by atoms with Crippen molar-refractivity contribution in [2.75, 3.05) is 20.0 Å². The Balaban J connectivity index is 1.63. The molecule has 3 saturated carbocycles. The maximum atomic E-state index is 13.5. The van der Waals surface area contributed by atoms with E-state index in [-0.39, 0.29) is 41.2 Å². The molecule has 40 heavy (non-hydrogen) atoms. The molecule has 0 radical (unpaired) electrons. The standard InChI is InChI=1S/C32H48O7S/c1-19-11-12-32(27(35)38-7)14-13-29(4)22(25(32)20(19)2)9-10-24-30(29,5)16-23(34)26-28(3,18-39-40(8,36)37)15-21(17-33)31(24,26)6/h9,15,17,19-20,23-26,34H,10-14,16,18H2,1-8H3/t19-,20+,23-,24+,25-,26?,28+,29-,30-,31-,32+/m1/s1. The highest BCUT2D eigenvalue weighted by Gasteiger charge is 2.72. The molecule has 0 aromatic carbocycles. The molecule has 7 nitrogen and oxygen atoms in total. The molecular formula is C32H48O7S. The summed E-state index contributed by atoms with van der Waals surface area (Å²) in [4.78, 5) is 26.1. The van der Waals surface area contributed by atoms with Crippen LogP contribution in [0.2, 0.25) is 0 Å². The second kappa shape index (κ2) is 9.24. The fourth-order valence-corrected chi connectivity index (χ4v) is 11.5. The van der Waals surface area contributed by atoms with Gasteiger partial charge in [-0.05, 0) is 78.6 Å². The van der Waals surface area contributed by atoms with E-state index in [1.807, 2.05) is 13.0 Å². The van der Waals surface area contributed by atoms with E-state index in [4.69, 9.17) is 8.92 Å². The molecule has 11 atom stereocenters. The van der Waals surface area contributed by atoms with Gasteiger partial charge in [-0.1, -0.05) is 59.3 Å². The van der Waals surface area contributed by atoms with Gasteiger partial charge in [-0.25, -0.2) is 0 Å². The van der Waals surface area contributed by atoms with Crippen molar-refractivity contribution in [2.24, 2.45) is 56.7 Å². The minimum atomic E-state index is -3.69. The largest absolute Gasteiger partial charge is 0.469 e. The second-order valence-electron chi connectivity index (χ2n) is 14.9. The molecule has 5 aliphatic rings. The normalized spacial score (nSPS) is 49.9. The molecule has 3 fully saturated rings. The van der Waals surface area contributed by atoms with Crippen molar-refractivity contribution < 1.29 is 32.0 Å². The molecule has 0 heterocycles. The third-order valence-electron chi connectivity index (χ3n) is 13.2. The van der Waals surface area contributed by atoms with E-state index in [2.05, 4.69) is 40.7 Å². The number of carbonyl (C=O) groups excluding carboxylic acids is 2. The number of aliphatic hydroxyl groups excluding tert-OH is 1. The molecule has 0 aliphatic heterocycles. The lowest BCUT2D eigenvalue weighted by Gasteiger charge is -2.69. The predicted octanol–water partition coefficient (Wildman–Crippen LogP) is 5.09. The Bertz CT molecular complexity index is 1270. The van der Waals surface area contributed by atoms with Gasteiger partial charge in [0.15, 0.2) is 0 Å². The van der Waals surface area contributed by atoms with Crippen LogP contribution >= 0.6 is 0 Å². The second-order valence-corrected chi connectivity index (χ2v) is 16.6. The lowest BCUT2D eigenvalue weighted by Crippen LogP contribution is -2.66. The lowest BCUT2D eigenvalue weighted by molar-refractivity contribution is -0.195. The summed E-state index contributed by atoms with van der Waals surface area (Å²) in [6.45, 7) is 13.1. The van der Waals surface area contributed by atoms with E-state index >= 15 is 0 Å². The van der Waals surface area contributed by atoms with Crippen LogP contribution in [0.25, 0.3) is 0 Å². The first-order chi connectivity index (χ1) is 18.4. The molecule has 5 rings (SSSR count). The van der Waals surface area contributed by atoms with Gasteiger partial charge in [0.1, 0.15) is 6.29 Å². The summed E-state index contributed by atoms with van der Waals surface area (Å²) in [7, 11) is -2.19. The summed E-state index contributed by atoms with van der Waals surface area (Å²) in [5.74, 6) is 0.506. The van der Waals surface area contributed by atoms with Gasteiger partial charge in [-0.2, -0.15) is 8.42 Å². The number of aliphatic hydroxyl groups is 1. The summed E-state index contributed by atoms with van der Waals surface area (Å²) in [6.07, 6.45) is 10.2. The Kier molecular flexibility index (Phi) is 6.92. The molecule has 0 spiro atoms. The first-order valence-corrected chi connectivity index (χ1v) is 16.8. The highest BCUT2D eigenvalue weighted by atomic mass is 32.2. The van der Waals surface area contributed by atoms with E-state index in [1.165, 1.54) is 12.7 Å². The maximum absolute atomic E-state index is 13.5. The highest BCUT2D eigenvalue weighted by molar-refractivity contribution is 7.85. The number of esters is 1. The monoisotopic (exact) mass is 576 g/mol. The van der Waals surface area contributed by atoms with E-state index in [0.29, 0.717) is 23.8 Å². The van der Waals surface area contributed by atoms with Crippen molar-refractivity contribution in [1.82, 2.24) is 0 Å². The third kappa shape index (κ3) is 3.76. The van der Waals surface area contributed by atoms with Crippen LogP contribution in [-0.4, -0.2) is 51.9 Å². The molecule has 0 bridgehead atoms. The number of fused-ring (bicyclic) bond motifs is 7. The number of hydrogen-bond acceptors (Lipinski definition) is 7. The Labute approximate surface area is 240 Å². The summed E-state index contributed by atoms with van der Waals surface area (Å²) in [6, 6.07) is 0. The Hall–Kier alpha value is -1.51. The van der Waals surface area contributed by atoms with Crippen molar-refractivity contribution in [1.29, 1.82) is 0 Å². The number of carbonyl (C=O) groups is 2. The van der Waals surface area contributed by atoms with Gasteiger partial charge in [0.05, 0.1) is 31.5 Å². The average Bonchev–Trinajstić information content (AvgIpc) is 3.12. The van der Waals surface area contributed by atoms with Crippen molar-refractivity contribution in [3.63, 3.8) is 0 Å². The summed E-state index contributed by atoms with van der Waals surface area (Å²) in [5.41, 5.74) is -0.612. The van der Waals surface area contributed by atoms with Gasteiger partial charge in [0.25, 0.3) is 10.1 Å². The van der Waals surface area contributed by atoms with Gasteiger partial charge in [0, 0.05) is 16.7 Å². The maximum Gasteiger partial charge on any atom is 0.312 e. The quantitative estimate of drug-likeness (QED) is 0.210. The Morgan fingerprint density at radius 2 is 1.82 bits per heavy atom. The molecule has 0 aromatic heterocycles. The zero-order valence-electron chi connectivity index (χ0n) is 25.5. The fraction of sp³-hybridized carbons (Fsp3) is 0.812. The Morgan fingerprint density at radius 1 is 1.15 bits per heavy atom. The van der Waals surface area contributed by atoms with E-state index < -0.39 is 32.5 Å². The van der Waals surface area contributed by atoms with Crippen molar-refractivity contribution >= 4 is 22.4 Å². The molecule has 1 unspecified atom stereocenters. The summed E-state index contributed by atoms with van der Waals surface area (Å²) >= 11 is 0. The SMILES string of the molecule is COC(=O)[C@]12CC[C@@H](C)[C@H](C)[C@@H]1C1=CC[C@@H]3[C@@]4(C)C(C=O)=C[C@@](C)(COS(C)(=O)=O)C4[C@H](O)C[C@@]3(C)[C@]1(C)CC2. The van der Waals surface area contributed by atoms with Crippen LogP contribution in [0, 0.1) is 56.7 Å². The first kappa shape index (κ1) is 30.0. The van der Waals surface area contributed by atoms with Gasteiger partial charge < -0.3 is 9.84 Å². The van der Waals surface area contributed by atoms with Crippen LogP contribution in [0.3, 0.4) is 0 Å². The smallest absolute Gasteiger partial charge is 0.312 e. The topological polar surface area (TPSA) is 107 Å². The van der Waals surface area contributed by atoms with Crippen LogP contribution in [0.1, 0.15) is 80.1 Å². The number of rotatable bonds is 5. The highest BCUT2D eigenvalue weighted by Crippen LogP contribution is 2.76. The van der Waals surface area contributed by atoms with Crippen molar-refractivity contribution in [3.05, 3.63) is 23.3 Å². The average molecular weight is 577 g/mol. The predicted molar refractivity (Wildman–Crippen MR) is 152 cm³/mol. The number of aldehydes is 1. The zero-order chi connectivity index (χ0) is 29.7. The third-order valence-corrected chi connectivity index (χ3v) is 13.8. The van der Waals surface area contributed by atoms with Crippen LogP contribution in [0.15, 0.2) is 23.3 Å². The number of ether oxygens (including phenoxy) is 1. The van der Waals surface area contributed by atoms with Gasteiger partial charge in [-0.3, -0.25) is 13.8 Å².